The number of phenols is 12. The lowest BCUT2D eigenvalue weighted by Crippen LogP contribution is -2.29. The Hall–Kier alpha value is -8.38. The number of fused-ring (bicyclic) bond motifs is 14. The van der Waals surface area contributed by atoms with Crippen molar-refractivity contribution in [1.29, 1.82) is 0 Å². The molecule has 0 aromatic heterocycles. The average molecular weight is 841 g/mol. The molecule has 0 heterocycles. The summed E-state index contributed by atoms with van der Waals surface area (Å²) in [4.78, 5) is 0. The van der Waals surface area contributed by atoms with E-state index in [0.717, 1.165) is 38.6 Å². The molecular formula is C51H36O12. The van der Waals surface area contributed by atoms with Gasteiger partial charge in [0, 0.05) is 44.7 Å². The van der Waals surface area contributed by atoms with Crippen LogP contribution in [0.3, 0.4) is 0 Å². The van der Waals surface area contributed by atoms with Crippen molar-refractivity contribution in [3.05, 3.63) is 153 Å². The van der Waals surface area contributed by atoms with Crippen molar-refractivity contribution in [3.8, 4) is 102 Å². The minimum absolute atomic E-state index is 0.0105. The zero-order chi connectivity index (χ0) is 44.3. The van der Waals surface area contributed by atoms with E-state index in [1.165, 1.54) is 6.07 Å². The van der Waals surface area contributed by atoms with Gasteiger partial charge >= 0.3 is 0 Å². The third-order valence-corrected chi connectivity index (χ3v) is 13.7. The van der Waals surface area contributed by atoms with Crippen molar-refractivity contribution in [2.45, 2.75) is 30.6 Å². The van der Waals surface area contributed by atoms with Crippen LogP contribution in [-0.4, -0.2) is 61.3 Å². The molecule has 63 heavy (non-hydrogen) atoms. The van der Waals surface area contributed by atoms with Crippen molar-refractivity contribution in [2.24, 2.45) is 0 Å². The molecule has 12 heteroatoms. The molecule has 1 atom stereocenters. The van der Waals surface area contributed by atoms with Crippen LogP contribution in [0.15, 0.2) is 103 Å². The van der Waals surface area contributed by atoms with E-state index in [-0.39, 0.29) is 16.7 Å². The molecule has 8 aromatic rings. The predicted molar refractivity (Wildman–Crippen MR) is 232 cm³/mol. The smallest absolute Gasteiger partial charge is 0.204 e. The molecule has 0 amide bonds. The van der Waals surface area contributed by atoms with Gasteiger partial charge in [0.2, 0.25) is 34.5 Å². The largest absolute Gasteiger partial charge is 0.504 e. The quantitative estimate of drug-likeness (QED) is 0.0453. The fourth-order valence-electron chi connectivity index (χ4n) is 11.0. The third kappa shape index (κ3) is 4.33. The molecule has 8 aromatic carbocycles. The number of benzene rings is 8. The number of aromatic hydroxyl groups is 12. The number of rotatable bonds is 3. The lowest BCUT2D eigenvalue weighted by atomic mass is 9.65. The van der Waals surface area contributed by atoms with Crippen molar-refractivity contribution in [3.63, 3.8) is 0 Å². The molecule has 11 rings (SSSR count). The molecule has 12 nitrogen and oxygen atoms in total. The van der Waals surface area contributed by atoms with Crippen LogP contribution in [0.2, 0.25) is 0 Å². The molecule has 0 radical (unpaired) electrons. The second-order valence-corrected chi connectivity index (χ2v) is 17.0. The van der Waals surface area contributed by atoms with Gasteiger partial charge in [-0.1, -0.05) is 117 Å². The third-order valence-electron chi connectivity index (χ3n) is 13.7. The number of hydrogen-bond acceptors (Lipinski definition) is 12. The topological polar surface area (TPSA) is 243 Å². The van der Waals surface area contributed by atoms with Gasteiger partial charge in [-0.15, -0.1) is 0 Å². The fourth-order valence-corrected chi connectivity index (χ4v) is 11.0. The second kappa shape index (κ2) is 12.1. The van der Waals surface area contributed by atoms with Crippen molar-refractivity contribution < 1.29 is 61.3 Å². The second-order valence-electron chi connectivity index (χ2n) is 17.0. The van der Waals surface area contributed by atoms with Crippen LogP contribution in [0.25, 0.3) is 44.2 Å². The van der Waals surface area contributed by atoms with Crippen molar-refractivity contribution in [1.82, 2.24) is 0 Å². The van der Waals surface area contributed by atoms with Gasteiger partial charge in [-0.05, 0) is 60.8 Å². The summed E-state index contributed by atoms with van der Waals surface area (Å²) < 4.78 is 0. The van der Waals surface area contributed by atoms with Gasteiger partial charge in [0.15, 0.2) is 34.5 Å². The lowest BCUT2D eigenvalue weighted by molar-refractivity contribution is 0.336. The average Bonchev–Trinajstić information content (AvgIpc) is 3.86. The zero-order valence-electron chi connectivity index (χ0n) is 33.3. The molecule has 1 unspecified atom stereocenters. The van der Waals surface area contributed by atoms with Gasteiger partial charge < -0.3 is 61.3 Å². The van der Waals surface area contributed by atoms with Gasteiger partial charge in [0.05, 0.1) is 5.41 Å². The van der Waals surface area contributed by atoms with Crippen LogP contribution in [0.4, 0.5) is 0 Å². The zero-order valence-corrected chi connectivity index (χ0v) is 33.3. The van der Waals surface area contributed by atoms with Gasteiger partial charge in [0.25, 0.3) is 0 Å². The SMILES string of the molecule is CC1(C)c2ccccc2-c2ccc(C(c3ccc4ccccc4c3)c3cccc4c3C3(c5c(O)c(O)c(O)c(O)c5-4)c4c(O)c(O)c(O)c(O)c4-c4c(O)c(O)c(O)c(O)c43)cc21. The molecule has 312 valence electrons. The Bertz CT molecular complexity index is 3350. The first kappa shape index (κ1) is 37.6. The molecule has 3 aliphatic carbocycles. The van der Waals surface area contributed by atoms with E-state index >= 15 is 0 Å². The minimum Gasteiger partial charge on any atom is -0.504 e. The first-order chi connectivity index (χ1) is 30.0. The Morgan fingerprint density at radius 2 is 0.810 bits per heavy atom. The van der Waals surface area contributed by atoms with Gasteiger partial charge in [0.1, 0.15) is 0 Å². The highest BCUT2D eigenvalue weighted by atomic mass is 16.4. The molecule has 12 N–H and O–H groups in total. The van der Waals surface area contributed by atoms with E-state index in [1.807, 2.05) is 66.7 Å². The Kier molecular flexibility index (Phi) is 7.24. The monoisotopic (exact) mass is 840 g/mol. The molecule has 0 aliphatic heterocycles. The van der Waals surface area contributed by atoms with E-state index in [0.29, 0.717) is 11.1 Å². The summed E-state index contributed by atoms with van der Waals surface area (Å²) >= 11 is 0. The normalized spacial score (nSPS) is 14.8. The van der Waals surface area contributed by atoms with E-state index in [1.54, 1.807) is 12.1 Å². The first-order valence-electron chi connectivity index (χ1n) is 19.9. The molecule has 0 bridgehead atoms. The Morgan fingerprint density at radius 1 is 0.349 bits per heavy atom. The summed E-state index contributed by atoms with van der Waals surface area (Å²) in [5.74, 6) is -14.9. The summed E-state index contributed by atoms with van der Waals surface area (Å²) in [5.41, 5.74) is -0.351. The summed E-state index contributed by atoms with van der Waals surface area (Å²) in [7, 11) is 0. The maximum Gasteiger partial charge on any atom is 0.204 e. The number of phenolic OH excluding ortho intramolecular Hbond substituents is 12. The molecular weight excluding hydrogens is 805 g/mol. The van der Waals surface area contributed by atoms with Crippen LogP contribution in [0, 0.1) is 0 Å². The van der Waals surface area contributed by atoms with Crippen LogP contribution in [0.1, 0.15) is 69.8 Å². The van der Waals surface area contributed by atoms with E-state index < -0.39 is 114 Å². The first-order valence-corrected chi connectivity index (χ1v) is 19.9. The van der Waals surface area contributed by atoms with E-state index in [2.05, 4.69) is 32.0 Å². The van der Waals surface area contributed by atoms with Crippen LogP contribution in [0.5, 0.6) is 69.0 Å². The highest BCUT2D eigenvalue weighted by Crippen LogP contribution is 2.77. The van der Waals surface area contributed by atoms with Crippen LogP contribution in [-0.2, 0) is 10.8 Å². The van der Waals surface area contributed by atoms with Crippen molar-refractivity contribution >= 4 is 10.8 Å². The highest BCUT2D eigenvalue weighted by molar-refractivity contribution is 6.07. The lowest BCUT2D eigenvalue weighted by Gasteiger charge is -2.35. The van der Waals surface area contributed by atoms with Gasteiger partial charge in [-0.3, -0.25) is 0 Å². The maximum atomic E-state index is 12.1. The maximum absolute atomic E-state index is 12.1. The molecule has 0 fully saturated rings. The number of hydrogen-bond donors (Lipinski definition) is 12. The summed E-state index contributed by atoms with van der Waals surface area (Å²) in [5, 5.41) is 140. The van der Waals surface area contributed by atoms with Crippen LogP contribution >= 0.6 is 0 Å². The van der Waals surface area contributed by atoms with Crippen LogP contribution < -0.4 is 0 Å². The van der Waals surface area contributed by atoms with E-state index in [9.17, 15) is 61.3 Å². The Balaban J connectivity index is 1.35. The summed E-state index contributed by atoms with van der Waals surface area (Å²) in [6, 6.07) is 32.7. The standard InChI is InChI=1S/C51H36O12/c1-50(2)28-13-6-5-10-24(28)25-17-16-23(19-29(25)50)30(22-15-14-20-8-3-4-9-21(20)18-22)26-11-7-12-27-31-35(41(55)47(61)44(58)38(31)52)51(34(26)27)36-32(39(53)45(59)48(62)42(36)56)33-37(51)43(57)49(63)46(60)40(33)54/h3-19,30,52-63H,1-2H3. The Morgan fingerprint density at radius 3 is 1.43 bits per heavy atom. The molecule has 0 saturated carbocycles. The van der Waals surface area contributed by atoms with E-state index in [4.69, 9.17) is 0 Å². The summed E-state index contributed by atoms with van der Waals surface area (Å²) in [6.45, 7) is 4.26. The predicted octanol–water partition coefficient (Wildman–Crippen LogP) is 9.14. The summed E-state index contributed by atoms with van der Waals surface area (Å²) in [6.07, 6.45) is 0. The minimum atomic E-state index is -2.57. The molecule has 0 saturated heterocycles. The van der Waals surface area contributed by atoms with Gasteiger partial charge in [-0.25, -0.2) is 0 Å². The fraction of sp³-hybridized carbons (Fsp3) is 0.0980. The molecule has 3 aliphatic rings. The van der Waals surface area contributed by atoms with Crippen molar-refractivity contribution in [2.75, 3.05) is 0 Å². The van der Waals surface area contributed by atoms with Gasteiger partial charge in [-0.2, -0.15) is 0 Å². The highest BCUT2D eigenvalue weighted by Gasteiger charge is 2.62. The Labute approximate surface area is 357 Å². The molecule has 1 spiro atoms.